The second-order valence-electron chi connectivity index (χ2n) is 5.17. The largest absolute Gasteiger partial charge is 0.494 e. The minimum atomic E-state index is -1.43. The van der Waals surface area contributed by atoms with E-state index in [1.165, 1.54) is 0 Å². The summed E-state index contributed by atoms with van der Waals surface area (Å²) in [4.78, 5) is 23.5. The number of aliphatic carboxylic acids is 1. The van der Waals surface area contributed by atoms with Crippen LogP contribution in [0.4, 0.5) is 0 Å². The van der Waals surface area contributed by atoms with Gasteiger partial charge in [-0.3, -0.25) is 9.59 Å². The van der Waals surface area contributed by atoms with Crippen molar-refractivity contribution < 1.29 is 24.2 Å². The number of carboxylic acid groups (broad SMARTS) is 1. The Hall–Kier alpha value is -2.04. The van der Waals surface area contributed by atoms with Crippen molar-refractivity contribution in [1.29, 1.82) is 0 Å². The summed E-state index contributed by atoms with van der Waals surface area (Å²) < 4.78 is 10.5. The molecule has 0 spiro atoms. The molecule has 1 fully saturated rings. The zero-order chi connectivity index (χ0) is 15.5. The molecule has 0 aromatic heterocycles. The molecule has 0 bridgehead atoms. The lowest BCUT2D eigenvalue weighted by Crippen LogP contribution is -2.29. The van der Waals surface area contributed by atoms with Crippen LogP contribution in [0.3, 0.4) is 0 Å². The molecule has 1 aliphatic rings. The second-order valence-corrected chi connectivity index (χ2v) is 5.17. The van der Waals surface area contributed by atoms with Gasteiger partial charge in [-0.05, 0) is 37.5 Å². The van der Waals surface area contributed by atoms with Crippen LogP contribution < -0.4 is 4.74 Å². The van der Waals surface area contributed by atoms with Gasteiger partial charge in [0.2, 0.25) is 0 Å². The lowest BCUT2D eigenvalue weighted by atomic mass is 9.99. The van der Waals surface area contributed by atoms with Crippen molar-refractivity contribution in [3.05, 3.63) is 29.8 Å². The normalized spacial score (nSPS) is 23.4. The molecule has 0 heterocycles. The molecule has 0 radical (unpaired) electrons. The molecule has 0 aliphatic heterocycles. The smallest absolute Gasteiger partial charge is 0.324 e. The molecule has 0 amide bonds. The quantitative estimate of drug-likeness (QED) is 0.617. The highest BCUT2D eigenvalue weighted by molar-refractivity contribution is 6.04. The van der Waals surface area contributed by atoms with Gasteiger partial charge in [0.1, 0.15) is 5.75 Å². The highest BCUT2D eigenvalue weighted by Gasteiger charge is 2.68. The van der Waals surface area contributed by atoms with Gasteiger partial charge in [-0.2, -0.15) is 0 Å². The molecular weight excluding hydrogens is 272 g/mol. The van der Waals surface area contributed by atoms with Crippen molar-refractivity contribution >= 4 is 11.9 Å². The fourth-order valence-corrected chi connectivity index (χ4v) is 2.52. The van der Waals surface area contributed by atoms with Gasteiger partial charge >= 0.3 is 11.9 Å². The number of benzene rings is 1. The number of rotatable bonds is 7. The monoisotopic (exact) mass is 292 g/mol. The van der Waals surface area contributed by atoms with Crippen molar-refractivity contribution in [2.75, 3.05) is 13.2 Å². The van der Waals surface area contributed by atoms with Gasteiger partial charge in [-0.1, -0.05) is 19.1 Å². The summed E-state index contributed by atoms with van der Waals surface area (Å²) in [5, 5.41) is 9.41. The van der Waals surface area contributed by atoms with Gasteiger partial charge < -0.3 is 14.6 Å². The molecule has 2 rings (SSSR count). The lowest BCUT2D eigenvalue weighted by molar-refractivity contribution is -0.161. The zero-order valence-corrected chi connectivity index (χ0v) is 12.3. The Morgan fingerprint density at radius 2 is 2.14 bits per heavy atom. The fraction of sp³-hybridized carbons (Fsp3) is 0.500. The van der Waals surface area contributed by atoms with E-state index in [0.29, 0.717) is 12.4 Å². The summed E-state index contributed by atoms with van der Waals surface area (Å²) in [5.41, 5.74) is -0.626. The maximum atomic E-state index is 12.0. The Kier molecular flexibility index (Phi) is 4.50. The molecular formula is C16H20O5. The molecule has 2 unspecified atom stereocenters. The summed E-state index contributed by atoms with van der Waals surface area (Å²) in [6.45, 7) is 4.47. The number of carboxylic acids is 1. The number of ether oxygens (including phenoxy) is 2. The Morgan fingerprint density at radius 1 is 1.38 bits per heavy atom. The van der Waals surface area contributed by atoms with E-state index in [9.17, 15) is 14.7 Å². The summed E-state index contributed by atoms with van der Waals surface area (Å²) in [6, 6.07) is 7.28. The highest BCUT2D eigenvalue weighted by Crippen LogP contribution is 2.60. The van der Waals surface area contributed by atoms with Gasteiger partial charge in [0.25, 0.3) is 0 Å². The van der Waals surface area contributed by atoms with Crippen LogP contribution in [-0.2, 0) is 14.3 Å². The summed E-state index contributed by atoms with van der Waals surface area (Å²) in [6.07, 6.45) is 1.17. The highest BCUT2D eigenvalue weighted by atomic mass is 16.5. The van der Waals surface area contributed by atoms with E-state index in [-0.39, 0.29) is 18.9 Å². The second kappa shape index (κ2) is 6.16. The molecule has 1 aliphatic carbocycles. The predicted molar refractivity (Wildman–Crippen MR) is 76.3 cm³/mol. The molecule has 1 aromatic carbocycles. The van der Waals surface area contributed by atoms with E-state index in [1.54, 1.807) is 6.92 Å². The van der Waals surface area contributed by atoms with Gasteiger partial charge in [0.15, 0.2) is 5.41 Å². The molecule has 21 heavy (non-hydrogen) atoms. The van der Waals surface area contributed by atoms with Crippen LogP contribution in [0.15, 0.2) is 24.3 Å². The van der Waals surface area contributed by atoms with Gasteiger partial charge in [-0.25, -0.2) is 0 Å². The van der Waals surface area contributed by atoms with Crippen LogP contribution in [0, 0.1) is 5.41 Å². The molecule has 2 atom stereocenters. The Labute approximate surface area is 123 Å². The van der Waals surface area contributed by atoms with Crippen molar-refractivity contribution in [3.63, 3.8) is 0 Å². The van der Waals surface area contributed by atoms with E-state index in [2.05, 4.69) is 0 Å². The molecule has 1 aromatic rings. The molecule has 5 nitrogen and oxygen atoms in total. The topological polar surface area (TPSA) is 72.8 Å². The van der Waals surface area contributed by atoms with Gasteiger partial charge in [0.05, 0.1) is 13.2 Å². The predicted octanol–water partition coefficient (Wildman–Crippen LogP) is 2.60. The van der Waals surface area contributed by atoms with E-state index in [1.807, 2.05) is 31.2 Å². The molecule has 5 heteroatoms. The van der Waals surface area contributed by atoms with E-state index >= 15 is 0 Å². The van der Waals surface area contributed by atoms with Crippen LogP contribution in [-0.4, -0.2) is 30.3 Å². The van der Waals surface area contributed by atoms with Crippen LogP contribution >= 0.6 is 0 Å². The van der Waals surface area contributed by atoms with Crippen molar-refractivity contribution in [2.45, 2.75) is 32.6 Å². The average Bonchev–Trinajstić information content (AvgIpc) is 3.23. The SMILES string of the molecule is CCCOc1cccc(C2CC2(C(=O)O)C(=O)OCC)c1. The van der Waals surface area contributed by atoms with E-state index in [4.69, 9.17) is 9.47 Å². The van der Waals surface area contributed by atoms with E-state index < -0.39 is 17.4 Å². The first-order valence-corrected chi connectivity index (χ1v) is 7.19. The number of esters is 1. The first kappa shape index (κ1) is 15.4. The number of hydrogen-bond donors (Lipinski definition) is 1. The molecule has 0 saturated heterocycles. The number of hydrogen-bond acceptors (Lipinski definition) is 4. The standard InChI is InChI=1S/C16H20O5/c1-3-8-21-12-7-5-6-11(9-12)13-10-16(13,14(17)18)15(19)20-4-2/h5-7,9,13H,3-4,8,10H2,1-2H3,(H,17,18). The Balaban J connectivity index is 2.19. The average molecular weight is 292 g/mol. The van der Waals surface area contributed by atoms with Crippen molar-refractivity contribution in [3.8, 4) is 5.75 Å². The summed E-state index contributed by atoms with van der Waals surface area (Å²) in [7, 11) is 0. The van der Waals surface area contributed by atoms with Crippen LogP contribution in [0.25, 0.3) is 0 Å². The zero-order valence-electron chi connectivity index (χ0n) is 12.3. The first-order valence-electron chi connectivity index (χ1n) is 7.19. The van der Waals surface area contributed by atoms with Crippen molar-refractivity contribution in [2.24, 2.45) is 5.41 Å². The fourth-order valence-electron chi connectivity index (χ4n) is 2.52. The van der Waals surface area contributed by atoms with Crippen LogP contribution in [0.1, 0.15) is 38.2 Å². The molecule has 1 saturated carbocycles. The van der Waals surface area contributed by atoms with Crippen LogP contribution in [0.5, 0.6) is 5.75 Å². The van der Waals surface area contributed by atoms with Crippen molar-refractivity contribution in [1.82, 2.24) is 0 Å². The third-order valence-corrected chi connectivity index (χ3v) is 3.72. The third-order valence-electron chi connectivity index (χ3n) is 3.72. The maximum absolute atomic E-state index is 12.0. The van der Waals surface area contributed by atoms with E-state index in [0.717, 1.165) is 12.0 Å². The minimum absolute atomic E-state index is 0.181. The van der Waals surface area contributed by atoms with Gasteiger partial charge in [0, 0.05) is 5.92 Å². The van der Waals surface area contributed by atoms with Crippen LogP contribution in [0.2, 0.25) is 0 Å². The number of carbonyl (C=O) groups excluding carboxylic acids is 1. The minimum Gasteiger partial charge on any atom is -0.494 e. The lowest BCUT2D eigenvalue weighted by Gasteiger charge is -2.12. The molecule has 1 N–H and O–H groups in total. The maximum Gasteiger partial charge on any atom is 0.324 e. The first-order chi connectivity index (χ1) is 10.1. The Morgan fingerprint density at radius 3 is 2.76 bits per heavy atom. The molecule has 114 valence electrons. The summed E-state index contributed by atoms with van der Waals surface area (Å²) >= 11 is 0. The Bertz CT molecular complexity index is 539. The van der Waals surface area contributed by atoms with Gasteiger partial charge in [-0.15, -0.1) is 0 Å². The number of carbonyl (C=O) groups is 2. The summed E-state index contributed by atoms with van der Waals surface area (Å²) in [5.74, 6) is -1.42. The third kappa shape index (κ3) is 2.86.